The molecule has 21 heavy (non-hydrogen) atoms. The fourth-order valence-corrected chi connectivity index (χ4v) is 2.41. The molecular formula is C16H27N3O2. The lowest BCUT2D eigenvalue weighted by atomic mass is 9.85. The van der Waals surface area contributed by atoms with Gasteiger partial charge in [-0.25, -0.2) is 14.8 Å². The number of carbonyl (C=O) groups is 1. The highest BCUT2D eigenvalue weighted by Crippen LogP contribution is 2.20. The quantitative estimate of drug-likeness (QED) is 0.781. The van der Waals surface area contributed by atoms with E-state index in [1.807, 2.05) is 0 Å². The van der Waals surface area contributed by atoms with Gasteiger partial charge < -0.3 is 10.1 Å². The third kappa shape index (κ3) is 4.99. The van der Waals surface area contributed by atoms with Crippen LogP contribution in [0, 0.1) is 24.7 Å². The maximum absolute atomic E-state index is 11.7. The van der Waals surface area contributed by atoms with Crippen LogP contribution in [0.3, 0.4) is 0 Å². The van der Waals surface area contributed by atoms with Gasteiger partial charge in [0.05, 0.1) is 17.9 Å². The third-order valence-electron chi connectivity index (χ3n) is 3.68. The lowest BCUT2D eigenvalue weighted by molar-refractivity contribution is 0.0524. The number of anilines is 1. The van der Waals surface area contributed by atoms with Crippen molar-refractivity contribution in [3.63, 3.8) is 0 Å². The molecular weight excluding hydrogens is 266 g/mol. The molecule has 1 rings (SSSR count). The monoisotopic (exact) mass is 293 g/mol. The summed E-state index contributed by atoms with van der Waals surface area (Å²) in [4.78, 5) is 20.3. The second-order valence-electron chi connectivity index (χ2n) is 5.95. The van der Waals surface area contributed by atoms with Crippen LogP contribution in [-0.2, 0) is 4.74 Å². The van der Waals surface area contributed by atoms with E-state index in [1.165, 1.54) is 6.20 Å². The van der Waals surface area contributed by atoms with E-state index >= 15 is 0 Å². The number of nitrogens with zero attached hydrogens (tertiary/aromatic N) is 2. The fraction of sp³-hybridized carbons (Fsp3) is 0.688. The summed E-state index contributed by atoms with van der Waals surface area (Å²) in [5, 5.41) is 3.27. The zero-order valence-corrected chi connectivity index (χ0v) is 13.9. The number of nitrogens with one attached hydrogen (secondary N) is 1. The Balaban J connectivity index is 2.74. The first-order chi connectivity index (χ1) is 9.86. The van der Waals surface area contributed by atoms with Crippen LogP contribution < -0.4 is 5.32 Å². The summed E-state index contributed by atoms with van der Waals surface area (Å²) in [6, 6.07) is 0. The Morgan fingerprint density at radius 1 is 1.29 bits per heavy atom. The minimum absolute atomic E-state index is 0.350. The molecule has 1 aromatic heterocycles. The zero-order valence-electron chi connectivity index (χ0n) is 13.9. The zero-order chi connectivity index (χ0) is 16.0. The number of rotatable bonds is 7. The Kier molecular flexibility index (Phi) is 6.59. The Morgan fingerprint density at radius 3 is 2.38 bits per heavy atom. The van der Waals surface area contributed by atoms with Crippen LogP contribution in [0.15, 0.2) is 6.20 Å². The van der Waals surface area contributed by atoms with Gasteiger partial charge in [0.2, 0.25) is 5.95 Å². The predicted molar refractivity (Wildman–Crippen MR) is 84.4 cm³/mol. The van der Waals surface area contributed by atoms with Crippen molar-refractivity contribution in [2.75, 3.05) is 18.5 Å². The standard InChI is InChI=1S/C16H27N3O2/c1-7-21-15(20)14-9-18-16(19-12(14)6)17-8-13(10(2)3)11(4)5/h9-11,13H,7-8H2,1-6H3,(H,17,18,19). The van der Waals surface area contributed by atoms with Crippen LogP contribution >= 0.6 is 0 Å². The minimum Gasteiger partial charge on any atom is -0.462 e. The fourth-order valence-electron chi connectivity index (χ4n) is 2.41. The van der Waals surface area contributed by atoms with Crippen molar-refractivity contribution in [3.05, 3.63) is 17.5 Å². The molecule has 5 nitrogen and oxygen atoms in total. The number of carbonyl (C=O) groups excluding carboxylic acids is 1. The predicted octanol–water partition coefficient (Wildman–Crippen LogP) is 3.30. The molecule has 0 bridgehead atoms. The van der Waals surface area contributed by atoms with Crippen LogP contribution in [-0.4, -0.2) is 29.1 Å². The van der Waals surface area contributed by atoms with E-state index in [-0.39, 0.29) is 5.97 Å². The van der Waals surface area contributed by atoms with Crippen molar-refractivity contribution in [2.24, 2.45) is 17.8 Å². The lowest BCUT2D eigenvalue weighted by Crippen LogP contribution is -2.25. The smallest absolute Gasteiger partial charge is 0.341 e. The molecule has 0 atom stereocenters. The number of ether oxygens (including phenoxy) is 1. The molecule has 1 heterocycles. The molecule has 0 fully saturated rings. The molecule has 0 aliphatic rings. The SMILES string of the molecule is CCOC(=O)c1cnc(NCC(C(C)C)C(C)C)nc1C. The molecule has 5 heteroatoms. The second-order valence-corrected chi connectivity index (χ2v) is 5.95. The summed E-state index contributed by atoms with van der Waals surface area (Å²) in [5.74, 6) is 1.93. The van der Waals surface area contributed by atoms with Crippen LogP contribution in [0.25, 0.3) is 0 Å². The average Bonchev–Trinajstić information content (AvgIpc) is 2.38. The van der Waals surface area contributed by atoms with Gasteiger partial charge in [-0.3, -0.25) is 0 Å². The summed E-state index contributed by atoms with van der Waals surface area (Å²) in [7, 11) is 0. The Morgan fingerprint density at radius 2 is 1.90 bits per heavy atom. The van der Waals surface area contributed by atoms with Gasteiger partial charge in [-0.05, 0) is 31.6 Å². The summed E-state index contributed by atoms with van der Waals surface area (Å²) in [5.41, 5.74) is 1.06. The van der Waals surface area contributed by atoms with E-state index in [2.05, 4.69) is 43.0 Å². The van der Waals surface area contributed by atoms with E-state index in [0.717, 1.165) is 6.54 Å². The number of esters is 1. The maximum Gasteiger partial charge on any atom is 0.341 e. The highest BCUT2D eigenvalue weighted by atomic mass is 16.5. The maximum atomic E-state index is 11.7. The second kappa shape index (κ2) is 7.96. The van der Waals surface area contributed by atoms with Crippen molar-refractivity contribution < 1.29 is 9.53 Å². The molecule has 0 saturated heterocycles. The highest BCUT2D eigenvalue weighted by Gasteiger charge is 2.18. The van der Waals surface area contributed by atoms with Crippen molar-refractivity contribution >= 4 is 11.9 Å². The van der Waals surface area contributed by atoms with Crippen LogP contribution in [0.2, 0.25) is 0 Å². The van der Waals surface area contributed by atoms with Crippen molar-refractivity contribution in [2.45, 2.75) is 41.5 Å². The number of aryl methyl sites for hydroxylation is 1. The van der Waals surface area contributed by atoms with Gasteiger partial charge in [-0.2, -0.15) is 0 Å². The van der Waals surface area contributed by atoms with E-state index in [9.17, 15) is 4.79 Å². The average molecular weight is 293 g/mol. The first-order valence-electron chi connectivity index (χ1n) is 7.61. The minimum atomic E-state index is -0.371. The number of aromatic nitrogens is 2. The van der Waals surface area contributed by atoms with Crippen LogP contribution in [0.4, 0.5) is 5.95 Å². The Labute approximate surface area is 127 Å². The lowest BCUT2D eigenvalue weighted by Gasteiger charge is -2.25. The summed E-state index contributed by atoms with van der Waals surface area (Å²) in [6.45, 7) is 13.6. The van der Waals surface area contributed by atoms with Crippen LogP contribution in [0.5, 0.6) is 0 Å². The molecule has 0 spiro atoms. The van der Waals surface area contributed by atoms with Crippen LogP contribution in [0.1, 0.15) is 50.7 Å². The molecule has 0 unspecified atom stereocenters. The third-order valence-corrected chi connectivity index (χ3v) is 3.68. The molecule has 0 radical (unpaired) electrons. The topological polar surface area (TPSA) is 64.1 Å². The molecule has 0 aliphatic heterocycles. The highest BCUT2D eigenvalue weighted by molar-refractivity contribution is 5.90. The molecule has 0 aliphatic carbocycles. The summed E-state index contributed by atoms with van der Waals surface area (Å²) < 4.78 is 4.97. The van der Waals surface area contributed by atoms with E-state index in [1.54, 1.807) is 13.8 Å². The Bertz CT molecular complexity index is 465. The summed E-state index contributed by atoms with van der Waals surface area (Å²) in [6.07, 6.45) is 1.53. The molecule has 1 N–H and O–H groups in total. The first kappa shape index (κ1) is 17.4. The van der Waals surface area contributed by atoms with E-state index in [0.29, 0.717) is 41.6 Å². The van der Waals surface area contributed by atoms with E-state index < -0.39 is 0 Å². The molecule has 0 aromatic carbocycles. The van der Waals surface area contributed by atoms with Gasteiger partial charge in [0.15, 0.2) is 0 Å². The van der Waals surface area contributed by atoms with Gasteiger partial charge >= 0.3 is 5.97 Å². The van der Waals surface area contributed by atoms with Crippen molar-refractivity contribution in [1.29, 1.82) is 0 Å². The number of hydrogen-bond acceptors (Lipinski definition) is 5. The van der Waals surface area contributed by atoms with E-state index in [4.69, 9.17) is 4.74 Å². The molecule has 1 aromatic rings. The number of hydrogen-bond donors (Lipinski definition) is 1. The largest absolute Gasteiger partial charge is 0.462 e. The van der Waals surface area contributed by atoms with Gasteiger partial charge in [0.25, 0.3) is 0 Å². The van der Waals surface area contributed by atoms with Crippen molar-refractivity contribution in [3.8, 4) is 0 Å². The Hall–Kier alpha value is -1.65. The van der Waals surface area contributed by atoms with Gasteiger partial charge in [0, 0.05) is 12.7 Å². The molecule has 0 saturated carbocycles. The molecule has 0 amide bonds. The van der Waals surface area contributed by atoms with Gasteiger partial charge in [-0.1, -0.05) is 27.7 Å². The van der Waals surface area contributed by atoms with Crippen molar-refractivity contribution in [1.82, 2.24) is 9.97 Å². The first-order valence-corrected chi connectivity index (χ1v) is 7.61. The van der Waals surface area contributed by atoms with Gasteiger partial charge in [-0.15, -0.1) is 0 Å². The normalized spacial score (nSPS) is 11.3. The molecule has 118 valence electrons. The van der Waals surface area contributed by atoms with Gasteiger partial charge in [0.1, 0.15) is 0 Å². The summed E-state index contributed by atoms with van der Waals surface area (Å²) >= 11 is 0.